The summed E-state index contributed by atoms with van der Waals surface area (Å²) in [7, 11) is 0. The van der Waals surface area contributed by atoms with E-state index in [4.69, 9.17) is 4.74 Å². The van der Waals surface area contributed by atoms with E-state index in [0.717, 1.165) is 54.8 Å². The maximum Gasteiger partial charge on any atom is 0.309 e. The second kappa shape index (κ2) is 16.7. The molecular formula is C46H80O2. The summed E-state index contributed by atoms with van der Waals surface area (Å²) in [6, 6.07) is 0. The average Bonchev–Trinajstić information content (AvgIpc) is 3.39. The van der Waals surface area contributed by atoms with Crippen LogP contribution in [0.2, 0.25) is 0 Å². The first-order chi connectivity index (χ1) is 22.9. The van der Waals surface area contributed by atoms with Crippen molar-refractivity contribution >= 4 is 5.97 Å². The zero-order valence-corrected chi connectivity index (χ0v) is 33.5. The maximum absolute atomic E-state index is 14.3. The molecule has 48 heavy (non-hydrogen) atoms. The molecule has 0 aliphatic heterocycles. The van der Waals surface area contributed by atoms with Gasteiger partial charge in [0.2, 0.25) is 0 Å². The Kier molecular flexibility index (Phi) is 13.4. The van der Waals surface area contributed by atoms with Crippen molar-refractivity contribution in [3.05, 3.63) is 11.6 Å². The summed E-state index contributed by atoms with van der Waals surface area (Å²) < 4.78 is 6.64. The maximum atomic E-state index is 14.3. The van der Waals surface area contributed by atoms with Crippen LogP contribution in [0.1, 0.15) is 191 Å². The van der Waals surface area contributed by atoms with E-state index in [1.54, 1.807) is 5.57 Å². The fraction of sp³-hybridized carbons (Fsp3) is 0.935. The molecule has 5 aliphatic rings. The Morgan fingerprint density at radius 1 is 0.854 bits per heavy atom. The van der Waals surface area contributed by atoms with Crippen molar-refractivity contribution in [1.82, 2.24) is 0 Å². The molecule has 0 aromatic heterocycles. The minimum atomic E-state index is 0.0854. The van der Waals surface area contributed by atoms with Gasteiger partial charge < -0.3 is 4.74 Å². The molecule has 2 heteroatoms. The highest BCUT2D eigenvalue weighted by Crippen LogP contribution is 2.68. The Bertz CT molecular complexity index is 1060. The van der Waals surface area contributed by atoms with Crippen LogP contribution in [-0.4, -0.2) is 12.1 Å². The van der Waals surface area contributed by atoms with Gasteiger partial charge >= 0.3 is 5.97 Å². The van der Waals surface area contributed by atoms with Crippen LogP contribution in [0.3, 0.4) is 0 Å². The first-order valence-corrected chi connectivity index (χ1v) is 21.8. The summed E-state index contributed by atoms with van der Waals surface area (Å²) in [5.74, 6) is 7.78. The topological polar surface area (TPSA) is 26.3 Å². The van der Waals surface area contributed by atoms with Crippen LogP contribution < -0.4 is 0 Å². The Hall–Kier alpha value is -0.790. The van der Waals surface area contributed by atoms with E-state index < -0.39 is 0 Å². The molecule has 5 aliphatic carbocycles. The average molecular weight is 665 g/mol. The summed E-state index contributed by atoms with van der Waals surface area (Å²) in [5, 5.41) is 0. The van der Waals surface area contributed by atoms with Crippen molar-refractivity contribution in [1.29, 1.82) is 0 Å². The predicted molar refractivity (Wildman–Crippen MR) is 205 cm³/mol. The number of ether oxygens (including phenoxy) is 1. The zero-order valence-electron chi connectivity index (χ0n) is 33.5. The molecule has 0 amide bonds. The van der Waals surface area contributed by atoms with Crippen LogP contribution in [0.15, 0.2) is 11.6 Å². The Morgan fingerprint density at radius 2 is 1.62 bits per heavy atom. The van der Waals surface area contributed by atoms with Gasteiger partial charge in [-0.25, -0.2) is 0 Å². The number of hydrogen-bond donors (Lipinski definition) is 0. The standard InChI is InChI=1S/C46H80O2/c1-10-11-12-13-14-18-38(44(47)48-43-29-33(6)19-21-37(43)32(4)5)35-25-27-45(8)36(30-35)20-22-39-41-24-23-40(34(7)17-15-16-31(2)3)46(41,9)28-26-42(39)45/h20,31-35,37-43H,10-19,21-30H2,1-9H3/t33?,34-,35+,37?,38?,39+,40-,41+,42+,43?,45+,46-/m1/s1. The highest BCUT2D eigenvalue weighted by Gasteiger charge is 2.59. The van der Waals surface area contributed by atoms with Crippen LogP contribution >= 0.6 is 0 Å². The van der Waals surface area contributed by atoms with E-state index in [-0.39, 0.29) is 18.0 Å². The third-order valence-electron chi connectivity index (χ3n) is 16.1. The van der Waals surface area contributed by atoms with E-state index in [9.17, 15) is 4.79 Å². The number of hydrogen-bond acceptors (Lipinski definition) is 2. The van der Waals surface area contributed by atoms with Gasteiger partial charge in [-0.3, -0.25) is 4.79 Å². The van der Waals surface area contributed by atoms with E-state index in [1.165, 1.54) is 109 Å². The number of rotatable bonds is 15. The number of carbonyl (C=O) groups excluding carboxylic acids is 1. The highest BCUT2D eigenvalue weighted by atomic mass is 16.5. The van der Waals surface area contributed by atoms with Crippen molar-refractivity contribution in [2.45, 2.75) is 197 Å². The van der Waals surface area contributed by atoms with Gasteiger partial charge in [-0.05, 0) is 141 Å². The fourth-order valence-corrected chi connectivity index (χ4v) is 13.1. The molecule has 0 bridgehead atoms. The molecule has 0 radical (unpaired) electrons. The predicted octanol–water partition coefficient (Wildman–Crippen LogP) is 13.6. The van der Waals surface area contributed by atoms with E-state index in [2.05, 4.69) is 68.4 Å². The zero-order chi connectivity index (χ0) is 34.6. The van der Waals surface area contributed by atoms with Gasteiger partial charge in [-0.2, -0.15) is 0 Å². The molecule has 5 rings (SSSR count). The minimum absolute atomic E-state index is 0.0854. The molecule has 4 saturated carbocycles. The monoisotopic (exact) mass is 665 g/mol. The molecule has 0 aromatic carbocycles. The summed E-state index contributed by atoms with van der Waals surface area (Å²) in [6.07, 6.45) is 28.9. The number of unbranched alkanes of at least 4 members (excludes halogenated alkanes) is 4. The van der Waals surface area contributed by atoms with Crippen LogP contribution in [0.25, 0.3) is 0 Å². The lowest BCUT2D eigenvalue weighted by Crippen LogP contribution is -2.51. The van der Waals surface area contributed by atoms with Crippen molar-refractivity contribution in [2.24, 2.45) is 75.9 Å². The van der Waals surface area contributed by atoms with Gasteiger partial charge in [0.05, 0.1) is 5.92 Å². The van der Waals surface area contributed by atoms with Crippen LogP contribution in [0, 0.1) is 75.9 Å². The lowest BCUT2D eigenvalue weighted by atomic mass is 9.46. The Labute approximate surface area is 299 Å². The van der Waals surface area contributed by atoms with Crippen LogP contribution in [0.5, 0.6) is 0 Å². The molecule has 0 aromatic rings. The van der Waals surface area contributed by atoms with E-state index >= 15 is 0 Å². The third kappa shape index (κ3) is 8.30. The van der Waals surface area contributed by atoms with Gasteiger partial charge in [0, 0.05) is 0 Å². The lowest BCUT2D eigenvalue weighted by Gasteiger charge is -2.59. The summed E-state index contributed by atoms with van der Waals surface area (Å²) >= 11 is 0. The van der Waals surface area contributed by atoms with Gasteiger partial charge in [0.1, 0.15) is 6.10 Å². The van der Waals surface area contributed by atoms with Gasteiger partial charge in [-0.1, -0.05) is 132 Å². The highest BCUT2D eigenvalue weighted by molar-refractivity contribution is 5.73. The molecule has 4 fully saturated rings. The SMILES string of the molecule is CCCCCCCC(C(=O)OC1CC(C)CCC1C(C)C)[C@H]1CC[C@@]2(C)C(=CC[C@H]3[C@@H]4CC[C@H]([C@H](C)CCCC(C)C)[C@@]4(C)CC[C@@H]32)C1. The van der Waals surface area contributed by atoms with Gasteiger partial charge in [-0.15, -0.1) is 0 Å². The molecule has 2 nitrogen and oxygen atoms in total. The van der Waals surface area contributed by atoms with Crippen LogP contribution in [0.4, 0.5) is 0 Å². The fourth-order valence-electron chi connectivity index (χ4n) is 13.1. The molecule has 0 N–H and O–H groups in total. The van der Waals surface area contributed by atoms with Crippen molar-refractivity contribution < 1.29 is 9.53 Å². The van der Waals surface area contributed by atoms with Gasteiger partial charge in [0.25, 0.3) is 0 Å². The smallest absolute Gasteiger partial charge is 0.309 e. The molecule has 4 unspecified atom stereocenters. The largest absolute Gasteiger partial charge is 0.462 e. The van der Waals surface area contributed by atoms with Crippen molar-refractivity contribution in [3.63, 3.8) is 0 Å². The third-order valence-corrected chi connectivity index (χ3v) is 16.1. The quantitative estimate of drug-likeness (QED) is 0.0989. The molecular weight excluding hydrogens is 585 g/mol. The summed E-state index contributed by atoms with van der Waals surface area (Å²) in [4.78, 5) is 14.3. The molecule has 276 valence electrons. The molecule has 0 heterocycles. The van der Waals surface area contributed by atoms with Crippen molar-refractivity contribution in [2.75, 3.05) is 0 Å². The number of allylic oxidation sites excluding steroid dienone is 2. The van der Waals surface area contributed by atoms with Gasteiger partial charge in [0.15, 0.2) is 0 Å². The second-order valence-corrected chi connectivity index (χ2v) is 19.9. The summed E-state index contributed by atoms with van der Waals surface area (Å²) in [6.45, 7) is 22.1. The number of carbonyl (C=O) groups is 1. The molecule has 12 atom stereocenters. The Balaban J connectivity index is 1.28. The van der Waals surface area contributed by atoms with Crippen LogP contribution in [-0.2, 0) is 9.53 Å². The van der Waals surface area contributed by atoms with E-state index in [1.807, 2.05) is 0 Å². The Morgan fingerprint density at radius 3 is 2.35 bits per heavy atom. The lowest BCUT2D eigenvalue weighted by molar-refractivity contribution is -0.164. The normalized spacial score (nSPS) is 39.4. The van der Waals surface area contributed by atoms with E-state index in [0.29, 0.717) is 34.5 Å². The number of fused-ring (bicyclic) bond motifs is 5. The first-order valence-electron chi connectivity index (χ1n) is 21.8. The minimum Gasteiger partial charge on any atom is -0.462 e. The second-order valence-electron chi connectivity index (χ2n) is 19.9. The molecule has 0 spiro atoms. The first kappa shape index (κ1) is 38.4. The van der Waals surface area contributed by atoms with Crippen molar-refractivity contribution in [3.8, 4) is 0 Å². The number of esters is 1. The molecule has 0 saturated heterocycles. The summed E-state index contributed by atoms with van der Waals surface area (Å²) in [5.41, 5.74) is 2.64.